The molecule has 0 saturated carbocycles. The summed E-state index contributed by atoms with van der Waals surface area (Å²) >= 11 is 0. The zero-order valence-electron chi connectivity index (χ0n) is 14.9. The Labute approximate surface area is 161 Å². The number of aromatic nitrogens is 2. The van der Waals surface area contributed by atoms with Crippen LogP contribution >= 0.6 is 0 Å². The normalized spacial score (nSPS) is 15.6. The molecule has 4 aromatic rings. The van der Waals surface area contributed by atoms with Crippen molar-refractivity contribution in [3.8, 4) is 17.0 Å². The zero-order chi connectivity index (χ0) is 19.1. The molecule has 1 aliphatic rings. The Kier molecular flexibility index (Phi) is 3.72. The molecule has 1 atom stereocenters. The number of aromatic amines is 1. The molecule has 1 aromatic heterocycles. The van der Waals surface area contributed by atoms with Crippen LogP contribution in [0.5, 0.6) is 5.75 Å². The van der Waals surface area contributed by atoms with Crippen LogP contribution in [0.2, 0.25) is 0 Å². The van der Waals surface area contributed by atoms with Crippen LogP contribution in [0.3, 0.4) is 0 Å². The molecule has 0 saturated heterocycles. The Bertz CT molecular complexity index is 1140. The molecule has 3 aromatic carbocycles. The number of para-hydroxylation sites is 1. The number of hydrogen-bond donors (Lipinski definition) is 2. The number of nitrogens with one attached hydrogen (secondary N) is 1. The number of benzene rings is 3. The van der Waals surface area contributed by atoms with Crippen molar-refractivity contribution >= 4 is 11.6 Å². The van der Waals surface area contributed by atoms with Gasteiger partial charge in [-0.1, -0.05) is 60.7 Å². The number of aromatic hydroxyl groups is 1. The Morgan fingerprint density at radius 2 is 1.50 bits per heavy atom. The minimum absolute atomic E-state index is 0.117. The molecular formula is C23H17N3O2. The first-order chi connectivity index (χ1) is 13.7. The van der Waals surface area contributed by atoms with Gasteiger partial charge < -0.3 is 5.11 Å². The SMILES string of the molecule is O=C1c2[nH]nc(-c3ccccc3)c2[C@@H](c2ccc(O)cc2)N1c1ccccc1. The van der Waals surface area contributed by atoms with E-state index in [0.717, 1.165) is 28.1 Å². The van der Waals surface area contributed by atoms with Crippen LogP contribution in [0.4, 0.5) is 5.69 Å². The summed E-state index contributed by atoms with van der Waals surface area (Å²) in [6, 6.07) is 26.1. The first-order valence-electron chi connectivity index (χ1n) is 9.05. The maximum Gasteiger partial charge on any atom is 0.277 e. The molecule has 2 N–H and O–H groups in total. The van der Waals surface area contributed by atoms with E-state index < -0.39 is 0 Å². The fourth-order valence-electron chi connectivity index (χ4n) is 3.79. The Morgan fingerprint density at radius 3 is 2.18 bits per heavy atom. The van der Waals surface area contributed by atoms with E-state index in [4.69, 9.17) is 0 Å². The quantitative estimate of drug-likeness (QED) is 0.559. The molecule has 5 heteroatoms. The summed E-state index contributed by atoms with van der Waals surface area (Å²) in [5, 5.41) is 17.1. The van der Waals surface area contributed by atoms with Gasteiger partial charge in [-0.2, -0.15) is 5.10 Å². The second-order valence-electron chi connectivity index (χ2n) is 6.73. The standard InChI is InChI=1S/C23H17N3O2/c27-18-13-11-16(12-14-18)22-19-20(15-7-3-1-4-8-15)24-25-21(19)23(28)26(22)17-9-5-2-6-10-17/h1-14,22,27H,(H,24,25)/t22-/m1/s1. The van der Waals surface area contributed by atoms with Crippen LogP contribution in [-0.4, -0.2) is 21.2 Å². The molecule has 0 fully saturated rings. The van der Waals surface area contributed by atoms with Gasteiger partial charge in [0.1, 0.15) is 11.4 Å². The number of rotatable bonds is 3. The number of amides is 1. The van der Waals surface area contributed by atoms with Crippen LogP contribution < -0.4 is 4.90 Å². The van der Waals surface area contributed by atoms with E-state index >= 15 is 0 Å². The number of nitrogens with zero attached hydrogens (tertiary/aromatic N) is 2. The van der Waals surface area contributed by atoms with Crippen LogP contribution in [0.1, 0.15) is 27.7 Å². The van der Waals surface area contributed by atoms with Crippen LogP contribution in [0.15, 0.2) is 84.9 Å². The molecule has 1 aliphatic heterocycles. The van der Waals surface area contributed by atoms with Gasteiger partial charge in [-0.3, -0.25) is 14.8 Å². The molecule has 136 valence electrons. The predicted molar refractivity (Wildman–Crippen MR) is 107 cm³/mol. The lowest BCUT2D eigenvalue weighted by molar-refractivity contribution is 0.0989. The van der Waals surface area contributed by atoms with E-state index in [2.05, 4.69) is 10.2 Å². The maximum absolute atomic E-state index is 13.3. The molecule has 2 heterocycles. The zero-order valence-corrected chi connectivity index (χ0v) is 14.9. The Morgan fingerprint density at radius 1 is 0.857 bits per heavy atom. The van der Waals surface area contributed by atoms with Crippen LogP contribution in [0, 0.1) is 0 Å². The van der Waals surface area contributed by atoms with Crippen molar-refractivity contribution in [2.24, 2.45) is 0 Å². The van der Waals surface area contributed by atoms with Gasteiger partial charge in [0, 0.05) is 16.8 Å². The molecule has 1 amide bonds. The number of fused-ring (bicyclic) bond motifs is 1. The monoisotopic (exact) mass is 367 g/mol. The fraction of sp³-hybridized carbons (Fsp3) is 0.0435. The third-order valence-electron chi connectivity index (χ3n) is 5.06. The van der Waals surface area contributed by atoms with Gasteiger partial charge in [0.15, 0.2) is 0 Å². The summed E-state index contributed by atoms with van der Waals surface area (Å²) in [5.74, 6) is 0.0731. The number of phenols is 1. The van der Waals surface area contributed by atoms with Gasteiger partial charge in [0.05, 0.1) is 11.7 Å². The van der Waals surface area contributed by atoms with E-state index in [1.165, 1.54) is 0 Å². The van der Waals surface area contributed by atoms with Crippen LogP contribution in [0.25, 0.3) is 11.3 Å². The lowest BCUT2D eigenvalue weighted by Gasteiger charge is -2.26. The molecule has 5 nitrogen and oxygen atoms in total. The van der Waals surface area contributed by atoms with Gasteiger partial charge in [-0.15, -0.1) is 0 Å². The molecule has 0 unspecified atom stereocenters. The van der Waals surface area contributed by atoms with Crippen molar-refractivity contribution in [2.45, 2.75) is 6.04 Å². The summed E-state index contributed by atoms with van der Waals surface area (Å²) in [5.41, 5.74) is 4.79. The highest BCUT2D eigenvalue weighted by molar-refractivity contribution is 6.11. The maximum atomic E-state index is 13.3. The Balaban J connectivity index is 1.73. The second kappa shape index (κ2) is 6.39. The van der Waals surface area contributed by atoms with Gasteiger partial charge in [-0.25, -0.2) is 0 Å². The molecule has 0 bridgehead atoms. The number of hydrogen-bond acceptors (Lipinski definition) is 3. The van der Waals surface area contributed by atoms with Gasteiger partial charge in [0.25, 0.3) is 5.91 Å². The lowest BCUT2D eigenvalue weighted by Crippen LogP contribution is -2.29. The van der Waals surface area contributed by atoms with E-state index in [1.807, 2.05) is 72.8 Å². The number of carbonyl (C=O) groups is 1. The topological polar surface area (TPSA) is 69.2 Å². The number of H-pyrrole nitrogens is 1. The highest BCUT2D eigenvalue weighted by Gasteiger charge is 2.42. The second-order valence-corrected chi connectivity index (χ2v) is 6.73. The first kappa shape index (κ1) is 16.3. The van der Waals surface area contributed by atoms with Crippen LogP contribution in [-0.2, 0) is 0 Å². The smallest absolute Gasteiger partial charge is 0.277 e. The molecular weight excluding hydrogens is 350 g/mol. The molecule has 0 aliphatic carbocycles. The molecule has 5 rings (SSSR count). The highest BCUT2D eigenvalue weighted by Crippen LogP contribution is 2.45. The third kappa shape index (κ3) is 2.48. The molecule has 28 heavy (non-hydrogen) atoms. The fourth-order valence-corrected chi connectivity index (χ4v) is 3.79. The van der Waals surface area contributed by atoms with Gasteiger partial charge in [0.2, 0.25) is 0 Å². The van der Waals surface area contributed by atoms with E-state index in [9.17, 15) is 9.90 Å². The van der Waals surface area contributed by atoms with Crippen molar-refractivity contribution in [1.82, 2.24) is 10.2 Å². The summed E-state index contributed by atoms with van der Waals surface area (Å²) < 4.78 is 0. The summed E-state index contributed by atoms with van der Waals surface area (Å²) in [6.45, 7) is 0. The number of phenolic OH excluding ortho intramolecular Hbond substituents is 1. The number of carbonyl (C=O) groups excluding carboxylic acids is 1. The summed E-state index contributed by atoms with van der Waals surface area (Å²) in [6.07, 6.45) is 0. The van der Waals surface area contributed by atoms with Crippen molar-refractivity contribution in [3.05, 3.63) is 102 Å². The van der Waals surface area contributed by atoms with Gasteiger partial charge >= 0.3 is 0 Å². The van der Waals surface area contributed by atoms with E-state index in [-0.39, 0.29) is 17.7 Å². The lowest BCUT2D eigenvalue weighted by atomic mass is 9.96. The van der Waals surface area contributed by atoms with E-state index in [1.54, 1.807) is 17.0 Å². The van der Waals surface area contributed by atoms with Crippen molar-refractivity contribution in [2.75, 3.05) is 4.90 Å². The average Bonchev–Trinajstić information content (AvgIpc) is 3.29. The average molecular weight is 367 g/mol. The predicted octanol–water partition coefficient (Wildman–Crippen LogP) is 4.53. The minimum atomic E-state index is -0.334. The third-order valence-corrected chi connectivity index (χ3v) is 5.06. The highest BCUT2D eigenvalue weighted by atomic mass is 16.3. The molecule has 0 spiro atoms. The van der Waals surface area contributed by atoms with Crippen molar-refractivity contribution in [1.29, 1.82) is 0 Å². The minimum Gasteiger partial charge on any atom is -0.508 e. The largest absolute Gasteiger partial charge is 0.508 e. The summed E-state index contributed by atoms with van der Waals surface area (Å²) in [7, 11) is 0. The molecule has 0 radical (unpaired) electrons. The van der Waals surface area contributed by atoms with E-state index in [0.29, 0.717) is 5.69 Å². The first-order valence-corrected chi connectivity index (χ1v) is 9.05. The number of anilines is 1. The Hall–Kier alpha value is -3.86. The van der Waals surface area contributed by atoms with Gasteiger partial charge in [-0.05, 0) is 29.8 Å². The summed E-state index contributed by atoms with van der Waals surface area (Å²) in [4.78, 5) is 15.1. The van der Waals surface area contributed by atoms with Crippen molar-refractivity contribution < 1.29 is 9.90 Å². The van der Waals surface area contributed by atoms with Crippen molar-refractivity contribution in [3.63, 3.8) is 0 Å².